The summed E-state index contributed by atoms with van der Waals surface area (Å²) in [6.07, 6.45) is -0.926. The number of benzene rings is 3. The fourth-order valence-electron chi connectivity index (χ4n) is 5.84. The van der Waals surface area contributed by atoms with E-state index in [1.807, 2.05) is 44.2 Å². The van der Waals surface area contributed by atoms with Crippen LogP contribution in [0.1, 0.15) is 63.9 Å². The number of aliphatic hydroxyl groups is 1. The number of ether oxygens (including phenoxy) is 1. The third kappa shape index (κ3) is 9.80. The first-order valence-electron chi connectivity index (χ1n) is 16.6. The van der Waals surface area contributed by atoms with Gasteiger partial charge in [-0.2, -0.15) is 4.31 Å². The van der Waals surface area contributed by atoms with Crippen LogP contribution >= 0.6 is 0 Å². The molecular weight excluding hydrogens is 657 g/mol. The molecule has 0 saturated carbocycles. The minimum Gasteiger partial charge on any atom is -0.497 e. The highest BCUT2D eigenvalue weighted by atomic mass is 32.2. The summed E-state index contributed by atoms with van der Waals surface area (Å²) in [7, 11) is 0.887. The van der Waals surface area contributed by atoms with Crippen LogP contribution in [0.3, 0.4) is 0 Å². The third-order valence-corrected chi connectivity index (χ3v) is 10.4. The van der Waals surface area contributed by atoms with Gasteiger partial charge in [0.2, 0.25) is 10.0 Å². The number of carbonyl (C=O) groups is 2. The number of nitrogens with zero attached hydrogens (tertiary/aromatic N) is 3. The monoisotopic (exact) mass is 704 g/mol. The molecule has 2 N–H and O–H groups in total. The molecule has 0 saturated heterocycles. The van der Waals surface area contributed by atoms with E-state index in [9.17, 15) is 23.1 Å². The highest BCUT2D eigenvalue weighted by Crippen LogP contribution is 2.26. The van der Waals surface area contributed by atoms with E-state index in [1.54, 1.807) is 58.3 Å². The minimum absolute atomic E-state index is 0.0278. The van der Waals surface area contributed by atoms with Crippen molar-refractivity contribution in [1.82, 2.24) is 14.2 Å². The lowest BCUT2D eigenvalue weighted by atomic mass is 9.87. The van der Waals surface area contributed by atoms with Crippen molar-refractivity contribution >= 4 is 27.4 Å². The fourth-order valence-corrected chi connectivity index (χ4v) is 7.46. The predicted molar refractivity (Wildman–Crippen MR) is 193 cm³/mol. The molecule has 0 radical (unpaired) electrons. The van der Waals surface area contributed by atoms with E-state index >= 15 is 0 Å². The van der Waals surface area contributed by atoms with Crippen LogP contribution in [0.4, 0.5) is 5.69 Å². The van der Waals surface area contributed by atoms with Crippen LogP contribution in [-0.2, 0) is 23.0 Å². The van der Waals surface area contributed by atoms with Crippen molar-refractivity contribution in [2.75, 3.05) is 39.6 Å². The molecule has 3 aromatic carbocycles. The first-order valence-corrected chi connectivity index (χ1v) is 18.1. The quantitative estimate of drug-likeness (QED) is 0.131. The first-order chi connectivity index (χ1) is 23.7. The molecule has 0 bridgehead atoms. The zero-order valence-corrected chi connectivity index (χ0v) is 30.7. The Morgan fingerprint density at radius 1 is 0.980 bits per heavy atom. The van der Waals surface area contributed by atoms with E-state index in [2.05, 4.69) is 10.3 Å². The number of anilines is 1. The summed E-state index contributed by atoms with van der Waals surface area (Å²) in [5, 5.41) is 14.8. The standard InChI is InChI=1S/C38H48N4O7S/c1-25(2)22-42(50(46,47)34-15-13-33(48-7)14-16-34)24-37(44)29(17-28-11-9-8-10-12-28)21-36(43)30-18-31(20-32(19-30)39-5)38(45)41(6)23-35-26(3)49-27(4)40-35/h8-16,18-20,25,29,37,39,44H,17,21-24H2,1-7H3/t29-,37-/m1/s1. The molecule has 11 nitrogen and oxygen atoms in total. The highest BCUT2D eigenvalue weighted by Gasteiger charge is 2.32. The summed E-state index contributed by atoms with van der Waals surface area (Å²) in [6, 6.07) is 20.5. The fraction of sp³-hybridized carbons (Fsp3) is 0.395. The van der Waals surface area contributed by atoms with Crippen LogP contribution in [0.5, 0.6) is 5.75 Å². The van der Waals surface area contributed by atoms with Crippen molar-refractivity contribution in [2.45, 2.75) is 58.1 Å². The largest absolute Gasteiger partial charge is 0.497 e. The Morgan fingerprint density at radius 3 is 2.22 bits per heavy atom. The van der Waals surface area contributed by atoms with Crippen molar-refractivity contribution in [3.05, 3.63) is 107 Å². The van der Waals surface area contributed by atoms with Gasteiger partial charge < -0.3 is 24.5 Å². The van der Waals surface area contributed by atoms with Crippen LogP contribution < -0.4 is 10.1 Å². The topological polar surface area (TPSA) is 142 Å². The van der Waals surface area contributed by atoms with E-state index in [-0.39, 0.29) is 48.6 Å². The van der Waals surface area contributed by atoms with Crippen LogP contribution in [-0.4, -0.2) is 79.8 Å². The number of ketones is 1. The lowest BCUT2D eigenvalue weighted by Crippen LogP contribution is -2.43. The van der Waals surface area contributed by atoms with Gasteiger partial charge >= 0.3 is 0 Å². The van der Waals surface area contributed by atoms with Gasteiger partial charge in [-0.1, -0.05) is 44.2 Å². The Morgan fingerprint density at radius 2 is 1.64 bits per heavy atom. The molecule has 4 aromatic rings. The molecule has 268 valence electrons. The molecule has 12 heteroatoms. The summed E-state index contributed by atoms with van der Waals surface area (Å²) in [4.78, 5) is 33.5. The Hall–Kier alpha value is -4.52. The van der Waals surface area contributed by atoms with Gasteiger partial charge in [-0.15, -0.1) is 0 Å². The van der Waals surface area contributed by atoms with Crippen molar-refractivity contribution in [1.29, 1.82) is 0 Å². The Kier molecular flexibility index (Phi) is 13.0. The lowest BCUT2D eigenvalue weighted by Gasteiger charge is -2.30. The number of hydrogen-bond donors (Lipinski definition) is 2. The number of rotatable bonds is 17. The van der Waals surface area contributed by atoms with Gasteiger partial charge in [0.15, 0.2) is 11.7 Å². The molecular formula is C38H48N4O7S. The van der Waals surface area contributed by atoms with Crippen LogP contribution in [0, 0.1) is 25.7 Å². The summed E-state index contributed by atoms with van der Waals surface area (Å²) < 4.78 is 39.7. The number of aryl methyl sites for hydroxylation is 2. The van der Waals surface area contributed by atoms with Crippen molar-refractivity contribution in [2.24, 2.45) is 11.8 Å². The maximum atomic E-state index is 14.0. The zero-order valence-electron chi connectivity index (χ0n) is 29.8. The van der Waals surface area contributed by atoms with Crippen molar-refractivity contribution in [3.8, 4) is 5.75 Å². The maximum Gasteiger partial charge on any atom is 0.254 e. The van der Waals surface area contributed by atoms with Gasteiger partial charge in [0.1, 0.15) is 17.2 Å². The molecule has 0 fully saturated rings. The minimum atomic E-state index is -3.99. The third-order valence-electron chi connectivity index (χ3n) is 8.51. The number of aromatic nitrogens is 1. The smallest absolute Gasteiger partial charge is 0.254 e. The number of carbonyl (C=O) groups excluding carboxylic acids is 2. The van der Waals surface area contributed by atoms with Crippen LogP contribution in [0.25, 0.3) is 0 Å². The van der Waals surface area contributed by atoms with Crippen LogP contribution in [0.2, 0.25) is 0 Å². The second-order valence-electron chi connectivity index (χ2n) is 13.0. The first kappa shape index (κ1) is 38.3. The molecule has 0 spiro atoms. The molecule has 0 unspecified atom stereocenters. The average Bonchev–Trinajstić information content (AvgIpc) is 3.42. The summed E-state index contributed by atoms with van der Waals surface area (Å²) in [6.45, 7) is 7.56. The second kappa shape index (κ2) is 16.9. The molecule has 2 atom stereocenters. The Balaban J connectivity index is 1.61. The SMILES string of the molecule is CNc1cc(C(=O)C[C@@H](Cc2ccccc2)[C@H](O)CN(CC(C)C)S(=O)(=O)c2ccc(OC)cc2)cc(C(=O)N(C)Cc2nc(C)oc2C)c1. The predicted octanol–water partition coefficient (Wildman–Crippen LogP) is 5.75. The van der Waals surface area contributed by atoms with Gasteiger partial charge in [0.25, 0.3) is 5.91 Å². The molecule has 50 heavy (non-hydrogen) atoms. The van der Waals surface area contributed by atoms with Crippen molar-refractivity contribution in [3.63, 3.8) is 0 Å². The maximum absolute atomic E-state index is 14.0. The lowest BCUT2D eigenvalue weighted by molar-refractivity contribution is 0.0689. The zero-order chi connectivity index (χ0) is 36.6. The Labute approximate surface area is 295 Å². The number of nitrogens with one attached hydrogen (secondary N) is 1. The highest BCUT2D eigenvalue weighted by molar-refractivity contribution is 7.89. The molecule has 0 aliphatic carbocycles. The van der Waals surface area contributed by atoms with E-state index in [4.69, 9.17) is 9.15 Å². The number of oxazole rings is 1. The van der Waals surface area contributed by atoms with E-state index in [0.717, 1.165) is 5.56 Å². The summed E-state index contributed by atoms with van der Waals surface area (Å²) in [5.74, 6) is 0.430. The second-order valence-corrected chi connectivity index (χ2v) is 14.9. The van der Waals surface area contributed by atoms with Gasteiger partial charge in [0, 0.05) is 57.3 Å². The summed E-state index contributed by atoms with van der Waals surface area (Å²) >= 11 is 0. The van der Waals surface area contributed by atoms with Gasteiger partial charge in [-0.3, -0.25) is 9.59 Å². The number of amides is 1. The molecule has 1 amide bonds. The molecule has 0 aliphatic rings. The number of methoxy groups -OCH3 is 1. The molecule has 4 rings (SSSR count). The van der Waals surface area contributed by atoms with Crippen molar-refractivity contribution < 1.29 is 32.3 Å². The molecule has 1 heterocycles. The van der Waals surface area contributed by atoms with Gasteiger partial charge in [-0.05, 0) is 73.2 Å². The van der Waals surface area contributed by atoms with Gasteiger partial charge in [-0.25, -0.2) is 13.4 Å². The average molecular weight is 705 g/mol. The van der Waals surface area contributed by atoms with E-state index in [1.165, 1.54) is 28.4 Å². The van der Waals surface area contributed by atoms with Gasteiger partial charge in [0.05, 0.1) is 24.7 Å². The molecule has 1 aromatic heterocycles. The normalized spacial score (nSPS) is 12.9. The van der Waals surface area contributed by atoms with Crippen LogP contribution in [0.15, 0.2) is 82.1 Å². The number of aliphatic hydroxyl groups excluding tert-OH is 1. The van der Waals surface area contributed by atoms with E-state index in [0.29, 0.717) is 46.3 Å². The molecule has 0 aliphatic heterocycles. The number of Topliss-reactive ketones (excluding diaryl/α,β-unsaturated/α-hetero) is 1. The van der Waals surface area contributed by atoms with E-state index < -0.39 is 22.0 Å². The summed E-state index contributed by atoms with van der Waals surface area (Å²) in [5.41, 5.74) is 2.75. The number of sulfonamides is 1. The Bertz CT molecular complexity index is 1860. The number of hydrogen-bond acceptors (Lipinski definition) is 9.